The number of para-hydroxylation sites is 1. The van der Waals surface area contributed by atoms with Crippen LogP contribution in [-0.2, 0) is 6.54 Å². The molecule has 1 heterocycles. The topological polar surface area (TPSA) is 29.3 Å². The van der Waals surface area contributed by atoms with Crippen molar-refractivity contribution in [3.8, 4) is 0 Å². The van der Waals surface area contributed by atoms with Crippen molar-refractivity contribution in [1.82, 2.24) is 0 Å². The SMILES string of the molecule is NCCC1CN(Cc2ccc(F)cc2Cl)c2ccccc21. The normalized spacial score (nSPS) is 17.1. The summed E-state index contributed by atoms with van der Waals surface area (Å²) in [5.41, 5.74) is 9.25. The maximum absolute atomic E-state index is 13.2. The van der Waals surface area contributed by atoms with E-state index in [4.69, 9.17) is 17.3 Å². The summed E-state index contributed by atoms with van der Waals surface area (Å²) in [6, 6.07) is 13.0. The van der Waals surface area contributed by atoms with Gasteiger partial charge in [0.25, 0.3) is 0 Å². The first kappa shape index (κ1) is 14.4. The molecule has 0 fully saturated rings. The second kappa shape index (κ2) is 6.04. The van der Waals surface area contributed by atoms with Crippen LogP contribution in [0.2, 0.25) is 5.02 Å². The monoisotopic (exact) mass is 304 g/mol. The second-order valence-electron chi connectivity index (χ2n) is 5.45. The number of halogens is 2. The molecule has 0 saturated heterocycles. The molecule has 0 amide bonds. The van der Waals surface area contributed by atoms with Crippen LogP contribution in [0.25, 0.3) is 0 Å². The van der Waals surface area contributed by atoms with Crippen LogP contribution in [0.5, 0.6) is 0 Å². The van der Waals surface area contributed by atoms with E-state index in [1.807, 2.05) is 6.07 Å². The van der Waals surface area contributed by atoms with E-state index in [0.29, 0.717) is 24.0 Å². The van der Waals surface area contributed by atoms with Gasteiger partial charge in [-0.3, -0.25) is 0 Å². The maximum atomic E-state index is 13.2. The molecule has 21 heavy (non-hydrogen) atoms. The number of rotatable bonds is 4. The predicted octanol–water partition coefficient (Wildman–Crippen LogP) is 3.93. The number of hydrogen-bond donors (Lipinski definition) is 1. The van der Waals surface area contributed by atoms with E-state index in [-0.39, 0.29) is 5.82 Å². The molecule has 2 nitrogen and oxygen atoms in total. The first-order valence-electron chi connectivity index (χ1n) is 7.17. The lowest BCUT2D eigenvalue weighted by molar-refractivity contribution is 0.625. The average Bonchev–Trinajstić information content (AvgIpc) is 2.81. The van der Waals surface area contributed by atoms with Crippen molar-refractivity contribution in [2.45, 2.75) is 18.9 Å². The fourth-order valence-electron chi connectivity index (χ4n) is 3.04. The number of anilines is 1. The Morgan fingerprint density at radius 1 is 1.24 bits per heavy atom. The fourth-order valence-corrected chi connectivity index (χ4v) is 3.26. The molecule has 1 unspecified atom stereocenters. The van der Waals surface area contributed by atoms with Crippen LogP contribution in [0.1, 0.15) is 23.5 Å². The zero-order chi connectivity index (χ0) is 14.8. The molecule has 1 atom stereocenters. The second-order valence-corrected chi connectivity index (χ2v) is 5.86. The van der Waals surface area contributed by atoms with Gasteiger partial charge in [0, 0.05) is 29.7 Å². The van der Waals surface area contributed by atoms with E-state index in [1.165, 1.54) is 23.4 Å². The summed E-state index contributed by atoms with van der Waals surface area (Å²) in [4.78, 5) is 2.30. The third-order valence-electron chi connectivity index (χ3n) is 4.05. The molecule has 0 spiro atoms. The molecule has 3 rings (SSSR count). The Kier molecular flexibility index (Phi) is 4.13. The Morgan fingerprint density at radius 2 is 2.05 bits per heavy atom. The summed E-state index contributed by atoms with van der Waals surface area (Å²) in [7, 11) is 0. The van der Waals surface area contributed by atoms with Gasteiger partial charge in [-0.05, 0) is 42.3 Å². The van der Waals surface area contributed by atoms with Gasteiger partial charge in [-0.1, -0.05) is 35.9 Å². The molecule has 1 aliphatic rings. The van der Waals surface area contributed by atoms with E-state index in [1.54, 1.807) is 6.07 Å². The minimum absolute atomic E-state index is 0.299. The predicted molar refractivity (Wildman–Crippen MR) is 85.3 cm³/mol. The van der Waals surface area contributed by atoms with Gasteiger partial charge in [0.15, 0.2) is 0 Å². The van der Waals surface area contributed by atoms with Crippen LogP contribution in [0.15, 0.2) is 42.5 Å². The van der Waals surface area contributed by atoms with Gasteiger partial charge in [-0.2, -0.15) is 0 Å². The van der Waals surface area contributed by atoms with Gasteiger partial charge in [-0.15, -0.1) is 0 Å². The first-order valence-corrected chi connectivity index (χ1v) is 7.54. The van der Waals surface area contributed by atoms with Crippen LogP contribution in [0.3, 0.4) is 0 Å². The van der Waals surface area contributed by atoms with Crippen molar-refractivity contribution in [1.29, 1.82) is 0 Å². The molecule has 0 aromatic heterocycles. The molecule has 0 radical (unpaired) electrons. The molecule has 1 aliphatic heterocycles. The summed E-state index contributed by atoms with van der Waals surface area (Å²) < 4.78 is 13.2. The van der Waals surface area contributed by atoms with Crippen molar-refractivity contribution >= 4 is 17.3 Å². The molecule has 2 aromatic carbocycles. The third kappa shape index (κ3) is 2.89. The number of nitrogens with two attached hydrogens (primary N) is 1. The number of fused-ring (bicyclic) bond motifs is 1. The van der Waals surface area contributed by atoms with E-state index < -0.39 is 0 Å². The quantitative estimate of drug-likeness (QED) is 0.927. The Hall–Kier alpha value is -1.58. The van der Waals surface area contributed by atoms with E-state index in [0.717, 1.165) is 18.5 Å². The molecular formula is C17H18ClFN2. The van der Waals surface area contributed by atoms with Crippen LogP contribution in [0.4, 0.5) is 10.1 Å². The lowest BCUT2D eigenvalue weighted by Gasteiger charge is -2.20. The van der Waals surface area contributed by atoms with Crippen molar-refractivity contribution in [2.24, 2.45) is 5.73 Å². The Labute approximate surface area is 129 Å². The highest BCUT2D eigenvalue weighted by molar-refractivity contribution is 6.31. The lowest BCUT2D eigenvalue weighted by atomic mass is 9.98. The van der Waals surface area contributed by atoms with Gasteiger partial charge in [0.05, 0.1) is 0 Å². The molecule has 2 N–H and O–H groups in total. The van der Waals surface area contributed by atoms with Crippen LogP contribution in [0, 0.1) is 5.82 Å². The van der Waals surface area contributed by atoms with Crippen LogP contribution in [-0.4, -0.2) is 13.1 Å². The molecule has 2 aromatic rings. The van der Waals surface area contributed by atoms with Gasteiger partial charge in [0.2, 0.25) is 0 Å². The van der Waals surface area contributed by atoms with Gasteiger partial charge in [-0.25, -0.2) is 4.39 Å². The lowest BCUT2D eigenvalue weighted by Crippen LogP contribution is -2.22. The van der Waals surface area contributed by atoms with Gasteiger partial charge in [0.1, 0.15) is 5.82 Å². The number of nitrogens with zero attached hydrogens (tertiary/aromatic N) is 1. The largest absolute Gasteiger partial charge is 0.366 e. The average molecular weight is 305 g/mol. The minimum Gasteiger partial charge on any atom is -0.366 e. The van der Waals surface area contributed by atoms with Gasteiger partial charge >= 0.3 is 0 Å². The zero-order valence-corrected chi connectivity index (χ0v) is 12.5. The Balaban J connectivity index is 1.86. The highest BCUT2D eigenvalue weighted by Gasteiger charge is 2.27. The van der Waals surface area contributed by atoms with Crippen molar-refractivity contribution in [3.05, 3.63) is 64.4 Å². The summed E-state index contributed by atoms with van der Waals surface area (Å²) in [5.74, 6) is 0.164. The van der Waals surface area contributed by atoms with Crippen molar-refractivity contribution in [3.63, 3.8) is 0 Å². The third-order valence-corrected chi connectivity index (χ3v) is 4.40. The van der Waals surface area contributed by atoms with E-state index in [9.17, 15) is 4.39 Å². The van der Waals surface area contributed by atoms with Crippen molar-refractivity contribution < 1.29 is 4.39 Å². The molecule has 0 saturated carbocycles. The van der Waals surface area contributed by atoms with Crippen LogP contribution >= 0.6 is 11.6 Å². The first-order chi connectivity index (χ1) is 10.2. The smallest absolute Gasteiger partial charge is 0.124 e. The Bertz CT molecular complexity index is 644. The molecule has 0 aliphatic carbocycles. The zero-order valence-electron chi connectivity index (χ0n) is 11.7. The summed E-state index contributed by atoms with van der Waals surface area (Å²) in [5, 5.41) is 0.481. The maximum Gasteiger partial charge on any atom is 0.124 e. The molecule has 110 valence electrons. The molecule has 0 bridgehead atoms. The standard InChI is InChI=1S/C17H18ClFN2/c18-16-9-14(19)6-5-13(16)11-21-10-12(7-8-20)15-3-1-2-4-17(15)21/h1-6,9,12H,7-8,10-11,20H2. The van der Waals surface area contributed by atoms with E-state index in [2.05, 4.69) is 23.1 Å². The summed E-state index contributed by atoms with van der Waals surface area (Å²) in [6.45, 7) is 2.31. The summed E-state index contributed by atoms with van der Waals surface area (Å²) >= 11 is 6.15. The van der Waals surface area contributed by atoms with Gasteiger partial charge < -0.3 is 10.6 Å². The fraction of sp³-hybridized carbons (Fsp3) is 0.294. The minimum atomic E-state index is -0.299. The number of benzene rings is 2. The van der Waals surface area contributed by atoms with Crippen molar-refractivity contribution in [2.75, 3.05) is 18.0 Å². The molecular weight excluding hydrogens is 287 g/mol. The van der Waals surface area contributed by atoms with E-state index >= 15 is 0 Å². The molecule has 4 heteroatoms. The van der Waals surface area contributed by atoms with Crippen LogP contribution < -0.4 is 10.6 Å². The Morgan fingerprint density at radius 3 is 2.81 bits per heavy atom. The number of hydrogen-bond acceptors (Lipinski definition) is 2. The summed E-state index contributed by atoms with van der Waals surface area (Å²) in [6.07, 6.45) is 0.977. The highest BCUT2D eigenvalue weighted by Crippen LogP contribution is 2.38. The highest BCUT2D eigenvalue weighted by atomic mass is 35.5.